The van der Waals surface area contributed by atoms with Crippen LogP contribution in [0.3, 0.4) is 0 Å². The summed E-state index contributed by atoms with van der Waals surface area (Å²) in [6.45, 7) is 35.2. The lowest BCUT2D eigenvalue weighted by Gasteiger charge is -2.35. The number of morpholine rings is 1. The molecule has 4 rings (SSSR count). The summed E-state index contributed by atoms with van der Waals surface area (Å²) in [5.41, 5.74) is 0. The Bertz CT molecular complexity index is 507. The van der Waals surface area contributed by atoms with Gasteiger partial charge in [-0.25, -0.2) is 0 Å². The average Bonchev–Trinajstić information content (AvgIpc) is 2.97. The number of nitrogens with one attached hydrogen (secondary N) is 1. The monoisotopic (exact) mass is 571 g/mol. The summed E-state index contributed by atoms with van der Waals surface area (Å²) < 4.78 is 5.37. The van der Waals surface area contributed by atoms with E-state index in [0.29, 0.717) is 6.04 Å². The number of likely N-dealkylation sites (N-methyl/N-ethyl adjacent to an activating group) is 1. The number of nitrogens with zero attached hydrogens (tertiary/aromatic N) is 5. The van der Waals surface area contributed by atoms with Gasteiger partial charge in [-0.1, -0.05) is 48.0 Å². The Morgan fingerprint density at radius 3 is 1.57 bits per heavy atom. The highest BCUT2D eigenvalue weighted by Crippen LogP contribution is 2.18. The van der Waals surface area contributed by atoms with Crippen molar-refractivity contribution in [3.8, 4) is 0 Å². The molecule has 0 aromatic heterocycles. The molecule has 0 saturated carbocycles. The Morgan fingerprint density at radius 1 is 0.675 bits per heavy atom. The summed E-state index contributed by atoms with van der Waals surface area (Å²) in [4.78, 5) is 12.5. The summed E-state index contributed by atoms with van der Waals surface area (Å²) in [5.74, 6) is 0.936. The molecule has 242 valence electrons. The van der Waals surface area contributed by atoms with Crippen molar-refractivity contribution in [2.24, 2.45) is 5.92 Å². The SMILES string of the molecule is CC.CC(C)N1CCN(C)CC1.CCN1CCC(CN2CCOCC2)CC1.CCNC(C)C.CN1CCCCC1. The summed E-state index contributed by atoms with van der Waals surface area (Å²) in [6, 6.07) is 1.38. The van der Waals surface area contributed by atoms with Crippen LogP contribution >= 0.6 is 0 Å². The minimum atomic E-state index is 0.648. The first-order chi connectivity index (χ1) is 19.2. The van der Waals surface area contributed by atoms with Crippen LogP contribution < -0.4 is 5.32 Å². The molecule has 0 aromatic carbocycles. The average molecular weight is 571 g/mol. The van der Waals surface area contributed by atoms with E-state index in [-0.39, 0.29) is 0 Å². The predicted octanol–water partition coefficient (Wildman–Crippen LogP) is 4.83. The Morgan fingerprint density at radius 2 is 1.20 bits per heavy atom. The predicted molar refractivity (Wildman–Crippen MR) is 178 cm³/mol. The van der Waals surface area contributed by atoms with Gasteiger partial charge in [-0.05, 0) is 98.8 Å². The van der Waals surface area contributed by atoms with Crippen LogP contribution in [0.15, 0.2) is 0 Å². The number of hydrogen-bond acceptors (Lipinski definition) is 7. The molecule has 40 heavy (non-hydrogen) atoms. The van der Waals surface area contributed by atoms with Crippen LogP contribution in [0.1, 0.15) is 87.5 Å². The molecule has 4 heterocycles. The number of hydrogen-bond donors (Lipinski definition) is 1. The summed E-state index contributed by atoms with van der Waals surface area (Å²) >= 11 is 0. The second-order valence-corrected chi connectivity index (χ2v) is 12.3. The number of piperidine rings is 2. The fraction of sp³-hybridized carbons (Fsp3) is 1.00. The van der Waals surface area contributed by atoms with Gasteiger partial charge in [-0.2, -0.15) is 0 Å². The fourth-order valence-corrected chi connectivity index (χ4v) is 5.43. The summed E-state index contributed by atoms with van der Waals surface area (Å²) in [5, 5.41) is 3.21. The third kappa shape index (κ3) is 21.4. The van der Waals surface area contributed by atoms with E-state index in [1.54, 1.807) is 0 Å². The standard InChI is InChI=1S/C12H24N2O.C8H18N2.C6H13N.C5H13N.C2H6/c1-2-13-5-3-12(4-6-13)11-14-7-9-15-10-8-14;1-8(2)10-6-4-9(3)5-7-10;1-7-5-3-2-4-6-7;1-4-6-5(2)3;1-2/h12H,2-11H2,1H3;8H,4-7H2,1-3H3;2-6H2,1H3;5-6H,4H2,1-3H3;1-2H3. The first-order valence-corrected chi connectivity index (χ1v) is 17.1. The van der Waals surface area contributed by atoms with E-state index in [2.05, 4.69) is 85.5 Å². The van der Waals surface area contributed by atoms with Gasteiger partial charge in [0.25, 0.3) is 0 Å². The van der Waals surface area contributed by atoms with Crippen LogP contribution in [0.5, 0.6) is 0 Å². The first kappa shape index (κ1) is 39.7. The maximum absolute atomic E-state index is 5.37. The van der Waals surface area contributed by atoms with Crippen LogP contribution in [0.2, 0.25) is 0 Å². The minimum Gasteiger partial charge on any atom is -0.379 e. The van der Waals surface area contributed by atoms with E-state index >= 15 is 0 Å². The highest BCUT2D eigenvalue weighted by Gasteiger charge is 2.21. The van der Waals surface area contributed by atoms with Crippen molar-refractivity contribution in [2.75, 3.05) is 112 Å². The summed E-state index contributed by atoms with van der Waals surface area (Å²) in [6.07, 6.45) is 7.06. The van der Waals surface area contributed by atoms with Gasteiger partial charge in [-0.3, -0.25) is 9.80 Å². The molecule has 4 aliphatic rings. The van der Waals surface area contributed by atoms with E-state index in [9.17, 15) is 0 Å². The Labute approximate surface area is 252 Å². The van der Waals surface area contributed by atoms with E-state index in [4.69, 9.17) is 4.74 Å². The molecule has 0 unspecified atom stereocenters. The largest absolute Gasteiger partial charge is 0.379 e. The van der Waals surface area contributed by atoms with Crippen molar-refractivity contribution in [2.45, 2.75) is 99.6 Å². The molecule has 0 spiro atoms. The Hall–Kier alpha value is -0.280. The molecular weight excluding hydrogens is 496 g/mol. The summed E-state index contributed by atoms with van der Waals surface area (Å²) in [7, 11) is 4.39. The second kappa shape index (κ2) is 26.4. The number of piperazine rings is 1. The Kier molecular flexibility index (Phi) is 26.2. The van der Waals surface area contributed by atoms with Gasteiger partial charge in [0.15, 0.2) is 0 Å². The number of likely N-dealkylation sites (tertiary alicyclic amines) is 2. The fourth-order valence-electron chi connectivity index (χ4n) is 5.43. The molecule has 0 bridgehead atoms. The molecular formula is C33H74N6O. The third-order valence-corrected chi connectivity index (χ3v) is 8.23. The van der Waals surface area contributed by atoms with Gasteiger partial charge in [0, 0.05) is 57.9 Å². The maximum Gasteiger partial charge on any atom is 0.0594 e. The molecule has 4 saturated heterocycles. The van der Waals surface area contributed by atoms with Crippen LogP contribution in [0, 0.1) is 5.92 Å². The molecule has 0 aromatic rings. The van der Waals surface area contributed by atoms with Crippen molar-refractivity contribution < 1.29 is 4.74 Å². The molecule has 4 fully saturated rings. The van der Waals surface area contributed by atoms with Gasteiger partial charge in [0.05, 0.1) is 13.2 Å². The van der Waals surface area contributed by atoms with Gasteiger partial charge >= 0.3 is 0 Å². The lowest BCUT2D eigenvalue weighted by molar-refractivity contribution is 0.0247. The molecule has 0 radical (unpaired) electrons. The Balaban J connectivity index is 0.000000530. The van der Waals surface area contributed by atoms with Gasteiger partial charge in [0.1, 0.15) is 0 Å². The van der Waals surface area contributed by atoms with Crippen LogP contribution in [0.4, 0.5) is 0 Å². The van der Waals surface area contributed by atoms with E-state index in [1.165, 1.54) is 97.6 Å². The van der Waals surface area contributed by atoms with Crippen LogP contribution in [-0.4, -0.2) is 149 Å². The maximum atomic E-state index is 5.37. The van der Waals surface area contributed by atoms with Gasteiger partial charge < -0.3 is 24.8 Å². The van der Waals surface area contributed by atoms with Crippen molar-refractivity contribution in [1.82, 2.24) is 29.8 Å². The second-order valence-electron chi connectivity index (χ2n) is 12.3. The van der Waals surface area contributed by atoms with Gasteiger partial charge in [-0.15, -0.1) is 0 Å². The smallest absolute Gasteiger partial charge is 0.0594 e. The van der Waals surface area contributed by atoms with Crippen LogP contribution in [0.25, 0.3) is 0 Å². The van der Waals surface area contributed by atoms with Crippen LogP contribution in [-0.2, 0) is 4.74 Å². The normalized spacial score (nSPS) is 22.2. The molecule has 0 atom stereocenters. The van der Waals surface area contributed by atoms with E-state index in [1.807, 2.05) is 13.8 Å². The van der Waals surface area contributed by atoms with Crippen molar-refractivity contribution in [1.29, 1.82) is 0 Å². The molecule has 7 heteroatoms. The molecule has 7 nitrogen and oxygen atoms in total. The van der Waals surface area contributed by atoms with E-state index in [0.717, 1.165) is 44.8 Å². The highest BCUT2D eigenvalue weighted by atomic mass is 16.5. The third-order valence-electron chi connectivity index (χ3n) is 8.23. The lowest BCUT2D eigenvalue weighted by atomic mass is 9.96. The first-order valence-electron chi connectivity index (χ1n) is 17.1. The number of ether oxygens (including phenoxy) is 1. The lowest BCUT2D eigenvalue weighted by Crippen LogP contribution is -2.47. The number of rotatable bonds is 6. The quantitative estimate of drug-likeness (QED) is 0.491. The van der Waals surface area contributed by atoms with Crippen molar-refractivity contribution >= 4 is 0 Å². The van der Waals surface area contributed by atoms with E-state index < -0.39 is 0 Å². The highest BCUT2D eigenvalue weighted by molar-refractivity contribution is 4.75. The molecule has 0 amide bonds. The zero-order valence-electron chi connectivity index (χ0n) is 29.0. The van der Waals surface area contributed by atoms with Crippen molar-refractivity contribution in [3.63, 3.8) is 0 Å². The zero-order chi connectivity index (χ0) is 30.2. The van der Waals surface area contributed by atoms with Gasteiger partial charge in [0.2, 0.25) is 0 Å². The zero-order valence-corrected chi connectivity index (χ0v) is 29.0. The molecule has 4 aliphatic heterocycles. The minimum absolute atomic E-state index is 0.648. The molecule has 0 aliphatic carbocycles. The van der Waals surface area contributed by atoms with Crippen molar-refractivity contribution in [3.05, 3.63) is 0 Å². The topological polar surface area (TPSA) is 37.5 Å². The molecule has 1 N–H and O–H groups in total.